The van der Waals surface area contributed by atoms with Crippen molar-refractivity contribution in [1.29, 1.82) is 0 Å². The molecule has 2 amide bonds. The van der Waals surface area contributed by atoms with E-state index in [9.17, 15) is 22.4 Å². The molecule has 10 heteroatoms. The van der Waals surface area contributed by atoms with Crippen molar-refractivity contribution in [2.45, 2.75) is 43.8 Å². The van der Waals surface area contributed by atoms with Gasteiger partial charge in [0.15, 0.2) is 0 Å². The van der Waals surface area contributed by atoms with E-state index in [0.29, 0.717) is 10.6 Å². The molecule has 0 spiro atoms. The smallest absolute Gasteiger partial charge is 0.264 e. The van der Waals surface area contributed by atoms with Gasteiger partial charge in [0.05, 0.1) is 10.6 Å². The van der Waals surface area contributed by atoms with Crippen LogP contribution in [0.3, 0.4) is 0 Å². The van der Waals surface area contributed by atoms with Gasteiger partial charge in [-0.1, -0.05) is 72.3 Å². The first-order valence-corrected chi connectivity index (χ1v) is 15.6. The van der Waals surface area contributed by atoms with Crippen LogP contribution in [0.5, 0.6) is 0 Å². The Morgan fingerprint density at radius 3 is 1.98 bits per heavy atom. The minimum absolute atomic E-state index is 0.0260. The predicted molar refractivity (Wildman–Crippen MR) is 167 cm³/mol. The fourth-order valence-corrected chi connectivity index (χ4v) is 6.12. The summed E-state index contributed by atoms with van der Waals surface area (Å²) in [7, 11) is -4.30. The second-order valence-electron chi connectivity index (χ2n) is 10.3. The normalized spacial score (nSPS) is 12.0. The first-order chi connectivity index (χ1) is 20.5. The van der Waals surface area contributed by atoms with E-state index in [1.807, 2.05) is 44.2 Å². The van der Waals surface area contributed by atoms with Gasteiger partial charge in [0, 0.05) is 24.0 Å². The maximum atomic E-state index is 14.3. The summed E-state index contributed by atoms with van der Waals surface area (Å²) in [5.74, 6) is -1.55. The molecule has 1 atom stereocenters. The summed E-state index contributed by atoms with van der Waals surface area (Å²) in [5, 5.41) is 3.43. The molecule has 0 aliphatic rings. The van der Waals surface area contributed by atoms with E-state index < -0.39 is 34.3 Å². The second-order valence-corrected chi connectivity index (χ2v) is 12.6. The van der Waals surface area contributed by atoms with Gasteiger partial charge in [-0.2, -0.15) is 0 Å². The molecule has 0 fully saturated rings. The van der Waals surface area contributed by atoms with Gasteiger partial charge >= 0.3 is 0 Å². The zero-order valence-electron chi connectivity index (χ0n) is 23.9. The number of carbonyl (C=O) groups excluding carboxylic acids is 2. The molecule has 43 heavy (non-hydrogen) atoms. The Labute approximate surface area is 257 Å². The standard InChI is InChI=1S/C33H33ClFN3O4S/c1-24(2)36-33(40)31(21-25-9-5-3-6-10-25)37(22-26-13-15-27(34)16-14-26)32(39)23-38(29-11-7-4-8-12-29)43(41,42)30-19-17-28(35)18-20-30/h3-20,24,31H,21-23H2,1-2H3,(H,36,40). The number of para-hydroxylation sites is 1. The molecule has 0 radical (unpaired) electrons. The minimum atomic E-state index is -4.30. The van der Waals surface area contributed by atoms with E-state index in [0.717, 1.165) is 34.1 Å². The van der Waals surface area contributed by atoms with Gasteiger partial charge in [-0.15, -0.1) is 0 Å². The molecular weight excluding hydrogens is 589 g/mol. The van der Waals surface area contributed by atoms with Crippen molar-refractivity contribution >= 4 is 39.1 Å². The fourth-order valence-electron chi connectivity index (χ4n) is 4.58. The number of hydrogen-bond donors (Lipinski definition) is 1. The molecule has 1 N–H and O–H groups in total. The number of anilines is 1. The topological polar surface area (TPSA) is 86.8 Å². The Hall–Kier alpha value is -4.21. The van der Waals surface area contributed by atoms with Gasteiger partial charge in [0.2, 0.25) is 11.8 Å². The van der Waals surface area contributed by atoms with E-state index in [1.54, 1.807) is 54.6 Å². The molecule has 0 heterocycles. The van der Waals surface area contributed by atoms with Crippen molar-refractivity contribution in [2.24, 2.45) is 0 Å². The van der Waals surface area contributed by atoms with Crippen LogP contribution in [-0.4, -0.2) is 43.8 Å². The summed E-state index contributed by atoms with van der Waals surface area (Å²) in [6, 6.07) is 27.7. The Bertz CT molecular complexity index is 1620. The van der Waals surface area contributed by atoms with Gasteiger partial charge < -0.3 is 10.2 Å². The molecule has 0 aromatic heterocycles. The Morgan fingerprint density at radius 2 is 1.40 bits per heavy atom. The summed E-state index contributed by atoms with van der Waals surface area (Å²) in [5.41, 5.74) is 1.79. The Kier molecular flexibility index (Phi) is 10.6. The average Bonchev–Trinajstić information content (AvgIpc) is 2.99. The summed E-state index contributed by atoms with van der Waals surface area (Å²) >= 11 is 6.10. The van der Waals surface area contributed by atoms with E-state index in [1.165, 1.54) is 4.90 Å². The largest absolute Gasteiger partial charge is 0.352 e. The number of halogens is 2. The van der Waals surface area contributed by atoms with Gasteiger partial charge in [-0.3, -0.25) is 13.9 Å². The van der Waals surface area contributed by atoms with Crippen LogP contribution >= 0.6 is 11.6 Å². The molecular formula is C33H33ClFN3O4S. The molecule has 1 unspecified atom stereocenters. The molecule has 0 aliphatic heterocycles. The first kappa shape index (κ1) is 31.7. The van der Waals surface area contributed by atoms with Crippen molar-refractivity contribution in [3.8, 4) is 0 Å². The van der Waals surface area contributed by atoms with E-state index in [2.05, 4.69) is 5.32 Å². The summed E-state index contributed by atoms with van der Waals surface area (Å²) in [6.45, 7) is 3.08. The number of amides is 2. The summed E-state index contributed by atoms with van der Waals surface area (Å²) in [6.07, 6.45) is 0.203. The summed E-state index contributed by atoms with van der Waals surface area (Å²) < 4.78 is 42.4. The molecule has 7 nitrogen and oxygen atoms in total. The van der Waals surface area contributed by atoms with Crippen molar-refractivity contribution in [3.63, 3.8) is 0 Å². The van der Waals surface area contributed by atoms with Crippen LogP contribution in [0.2, 0.25) is 5.02 Å². The number of nitrogens with zero attached hydrogens (tertiary/aromatic N) is 2. The SMILES string of the molecule is CC(C)NC(=O)C(Cc1ccccc1)N(Cc1ccc(Cl)cc1)C(=O)CN(c1ccccc1)S(=O)(=O)c1ccc(F)cc1. The van der Waals surface area contributed by atoms with Crippen molar-refractivity contribution in [3.05, 3.63) is 131 Å². The number of benzene rings is 4. The zero-order chi connectivity index (χ0) is 31.0. The monoisotopic (exact) mass is 621 g/mol. The quantitative estimate of drug-likeness (QED) is 0.215. The Morgan fingerprint density at radius 1 is 0.814 bits per heavy atom. The van der Waals surface area contributed by atoms with E-state index in [-0.39, 0.29) is 35.5 Å². The van der Waals surface area contributed by atoms with Gasteiger partial charge in [-0.05, 0) is 73.5 Å². The molecule has 4 aromatic carbocycles. The summed E-state index contributed by atoms with van der Waals surface area (Å²) in [4.78, 5) is 29.2. The second kappa shape index (κ2) is 14.3. The lowest BCUT2D eigenvalue weighted by atomic mass is 10.0. The molecule has 0 bridgehead atoms. The van der Waals surface area contributed by atoms with Crippen LogP contribution in [0, 0.1) is 5.82 Å². The van der Waals surface area contributed by atoms with E-state index >= 15 is 0 Å². The van der Waals surface area contributed by atoms with Crippen molar-refractivity contribution in [1.82, 2.24) is 10.2 Å². The fraction of sp³-hybridized carbons (Fsp3) is 0.212. The number of hydrogen-bond acceptors (Lipinski definition) is 4. The molecule has 4 aromatic rings. The van der Waals surface area contributed by atoms with Crippen LogP contribution in [0.1, 0.15) is 25.0 Å². The number of sulfonamides is 1. The van der Waals surface area contributed by atoms with Gasteiger partial charge in [0.25, 0.3) is 10.0 Å². The minimum Gasteiger partial charge on any atom is -0.352 e. The van der Waals surface area contributed by atoms with Crippen molar-refractivity contribution < 1.29 is 22.4 Å². The third-order valence-corrected chi connectivity index (χ3v) is 8.73. The predicted octanol–water partition coefficient (Wildman–Crippen LogP) is 5.84. The lowest BCUT2D eigenvalue weighted by molar-refractivity contribution is -0.140. The zero-order valence-corrected chi connectivity index (χ0v) is 25.4. The van der Waals surface area contributed by atoms with Crippen LogP contribution in [0.4, 0.5) is 10.1 Å². The Balaban J connectivity index is 1.78. The maximum absolute atomic E-state index is 14.3. The molecule has 0 aliphatic carbocycles. The number of rotatable bonds is 12. The highest BCUT2D eigenvalue weighted by molar-refractivity contribution is 7.92. The van der Waals surface area contributed by atoms with Crippen LogP contribution in [0.25, 0.3) is 0 Å². The molecule has 224 valence electrons. The van der Waals surface area contributed by atoms with Crippen LogP contribution < -0.4 is 9.62 Å². The average molecular weight is 622 g/mol. The van der Waals surface area contributed by atoms with Gasteiger partial charge in [0.1, 0.15) is 18.4 Å². The molecule has 0 saturated carbocycles. The van der Waals surface area contributed by atoms with Crippen LogP contribution in [-0.2, 0) is 32.6 Å². The van der Waals surface area contributed by atoms with Gasteiger partial charge in [-0.25, -0.2) is 12.8 Å². The van der Waals surface area contributed by atoms with E-state index in [4.69, 9.17) is 11.6 Å². The number of carbonyl (C=O) groups is 2. The number of nitrogens with one attached hydrogen (secondary N) is 1. The third kappa shape index (κ3) is 8.43. The molecule has 4 rings (SSSR count). The third-order valence-electron chi connectivity index (χ3n) is 6.69. The van der Waals surface area contributed by atoms with Crippen LogP contribution in [0.15, 0.2) is 114 Å². The first-order valence-electron chi connectivity index (χ1n) is 13.8. The molecule has 0 saturated heterocycles. The highest BCUT2D eigenvalue weighted by atomic mass is 35.5. The van der Waals surface area contributed by atoms with Crippen molar-refractivity contribution in [2.75, 3.05) is 10.8 Å². The highest BCUT2D eigenvalue weighted by Crippen LogP contribution is 2.25. The lowest BCUT2D eigenvalue weighted by Crippen LogP contribution is -2.54. The lowest BCUT2D eigenvalue weighted by Gasteiger charge is -2.34. The maximum Gasteiger partial charge on any atom is 0.264 e. The highest BCUT2D eigenvalue weighted by Gasteiger charge is 2.34.